The molecule has 1 heterocycles. The van der Waals surface area contributed by atoms with E-state index in [0.717, 1.165) is 0 Å². The van der Waals surface area contributed by atoms with E-state index in [1.165, 1.54) is 0 Å². The SMILES string of the molecule is Cc1noc(CNC(=O)c2c(F)ccc([N+](=O)[O-])c2F)n1. The molecule has 0 radical (unpaired) electrons. The van der Waals surface area contributed by atoms with Gasteiger partial charge in [-0.15, -0.1) is 0 Å². The molecule has 10 heteroatoms. The number of nitro groups is 1. The van der Waals surface area contributed by atoms with Crippen molar-refractivity contribution in [2.75, 3.05) is 0 Å². The maximum absolute atomic E-state index is 13.8. The largest absolute Gasteiger partial charge is 0.343 e. The average molecular weight is 298 g/mol. The number of hydrogen-bond acceptors (Lipinski definition) is 6. The number of hydrogen-bond donors (Lipinski definition) is 1. The first-order valence-corrected chi connectivity index (χ1v) is 5.60. The number of nitrogens with zero attached hydrogens (tertiary/aromatic N) is 3. The fraction of sp³-hybridized carbons (Fsp3) is 0.182. The Kier molecular flexibility index (Phi) is 3.87. The molecule has 0 bridgehead atoms. The first-order chi connectivity index (χ1) is 9.90. The van der Waals surface area contributed by atoms with Crippen molar-refractivity contribution in [2.24, 2.45) is 0 Å². The Morgan fingerprint density at radius 2 is 2.19 bits per heavy atom. The van der Waals surface area contributed by atoms with E-state index in [4.69, 9.17) is 4.52 Å². The molecule has 2 aromatic rings. The Hall–Kier alpha value is -2.91. The van der Waals surface area contributed by atoms with Crippen LogP contribution in [0.1, 0.15) is 22.1 Å². The number of aryl methyl sites for hydroxylation is 1. The highest BCUT2D eigenvalue weighted by molar-refractivity contribution is 5.95. The fourth-order valence-corrected chi connectivity index (χ4v) is 1.55. The zero-order chi connectivity index (χ0) is 15.6. The molecule has 110 valence electrons. The number of carbonyl (C=O) groups is 1. The summed E-state index contributed by atoms with van der Waals surface area (Å²) in [6, 6.07) is 1.29. The summed E-state index contributed by atoms with van der Waals surface area (Å²) in [5.41, 5.74) is -2.03. The number of nitrogens with one attached hydrogen (secondary N) is 1. The number of amides is 1. The molecule has 0 saturated heterocycles. The second-order valence-corrected chi connectivity index (χ2v) is 3.93. The average Bonchev–Trinajstić information content (AvgIpc) is 2.82. The Morgan fingerprint density at radius 3 is 2.76 bits per heavy atom. The van der Waals surface area contributed by atoms with Gasteiger partial charge in [-0.25, -0.2) is 4.39 Å². The van der Waals surface area contributed by atoms with Gasteiger partial charge < -0.3 is 9.84 Å². The molecule has 1 aromatic heterocycles. The van der Waals surface area contributed by atoms with Crippen LogP contribution < -0.4 is 5.32 Å². The number of halogens is 2. The molecule has 0 spiro atoms. The third-order valence-electron chi connectivity index (χ3n) is 2.46. The number of aromatic nitrogens is 2. The topological polar surface area (TPSA) is 111 Å². The molecule has 0 fully saturated rings. The van der Waals surface area contributed by atoms with Crippen molar-refractivity contribution in [3.63, 3.8) is 0 Å². The van der Waals surface area contributed by atoms with Crippen molar-refractivity contribution in [1.29, 1.82) is 0 Å². The van der Waals surface area contributed by atoms with Crippen molar-refractivity contribution in [3.05, 3.63) is 51.2 Å². The van der Waals surface area contributed by atoms with Gasteiger partial charge in [-0.2, -0.15) is 9.37 Å². The summed E-state index contributed by atoms with van der Waals surface area (Å²) in [6.45, 7) is 1.29. The summed E-state index contributed by atoms with van der Waals surface area (Å²) >= 11 is 0. The lowest BCUT2D eigenvalue weighted by Gasteiger charge is -2.05. The highest BCUT2D eigenvalue weighted by Gasteiger charge is 2.26. The second kappa shape index (κ2) is 5.61. The van der Waals surface area contributed by atoms with Gasteiger partial charge in [0.05, 0.1) is 11.5 Å². The van der Waals surface area contributed by atoms with Crippen molar-refractivity contribution in [3.8, 4) is 0 Å². The zero-order valence-corrected chi connectivity index (χ0v) is 10.6. The van der Waals surface area contributed by atoms with E-state index in [2.05, 4.69) is 15.5 Å². The number of rotatable bonds is 4. The summed E-state index contributed by atoms with van der Waals surface area (Å²) in [5.74, 6) is -3.56. The maximum Gasteiger partial charge on any atom is 0.305 e. The van der Waals surface area contributed by atoms with Gasteiger partial charge in [0.15, 0.2) is 5.82 Å². The van der Waals surface area contributed by atoms with Gasteiger partial charge in [0.25, 0.3) is 5.91 Å². The third kappa shape index (κ3) is 2.99. The first kappa shape index (κ1) is 14.5. The number of benzene rings is 1. The Morgan fingerprint density at radius 1 is 1.48 bits per heavy atom. The van der Waals surface area contributed by atoms with E-state index in [1.807, 2.05) is 0 Å². The molecule has 2 rings (SSSR count). The van der Waals surface area contributed by atoms with Crippen LogP contribution in [0.4, 0.5) is 14.5 Å². The molecule has 0 aliphatic carbocycles. The van der Waals surface area contributed by atoms with Crippen LogP contribution in [-0.2, 0) is 6.54 Å². The quantitative estimate of drug-likeness (QED) is 0.676. The number of nitro benzene ring substituents is 1. The molecule has 0 saturated carbocycles. The van der Waals surface area contributed by atoms with Gasteiger partial charge in [-0.3, -0.25) is 14.9 Å². The summed E-state index contributed by atoms with van der Waals surface area (Å²) in [4.78, 5) is 25.0. The van der Waals surface area contributed by atoms with Crippen LogP contribution in [0.15, 0.2) is 16.7 Å². The standard InChI is InChI=1S/C11H8F2N4O4/c1-5-15-8(21-16-5)4-14-11(18)9-6(12)2-3-7(10(9)13)17(19)20/h2-3H,4H2,1H3,(H,14,18). The van der Waals surface area contributed by atoms with Crippen LogP contribution in [0.3, 0.4) is 0 Å². The van der Waals surface area contributed by atoms with Crippen LogP contribution in [-0.4, -0.2) is 21.0 Å². The normalized spacial score (nSPS) is 10.4. The van der Waals surface area contributed by atoms with Gasteiger partial charge in [0, 0.05) is 6.07 Å². The van der Waals surface area contributed by atoms with Crippen molar-refractivity contribution < 1.29 is 23.0 Å². The minimum absolute atomic E-state index is 0.0343. The molecule has 0 atom stereocenters. The van der Waals surface area contributed by atoms with Crippen LogP contribution in [0.2, 0.25) is 0 Å². The van der Waals surface area contributed by atoms with Crippen LogP contribution in [0.25, 0.3) is 0 Å². The monoisotopic (exact) mass is 298 g/mol. The molecular formula is C11H8F2N4O4. The van der Waals surface area contributed by atoms with Gasteiger partial charge in [-0.05, 0) is 13.0 Å². The highest BCUT2D eigenvalue weighted by atomic mass is 19.1. The Balaban J connectivity index is 2.22. The predicted octanol–water partition coefficient (Wildman–Crippen LogP) is 1.49. The molecule has 8 nitrogen and oxygen atoms in total. The lowest BCUT2D eigenvalue weighted by molar-refractivity contribution is -0.387. The zero-order valence-electron chi connectivity index (χ0n) is 10.6. The number of carbonyl (C=O) groups excluding carboxylic acids is 1. The third-order valence-corrected chi connectivity index (χ3v) is 2.46. The summed E-state index contributed by atoms with van der Waals surface area (Å²) < 4.78 is 32.0. The molecule has 0 aliphatic heterocycles. The first-order valence-electron chi connectivity index (χ1n) is 5.60. The molecule has 1 amide bonds. The summed E-state index contributed by atoms with van der Waals surface area (Å²) in [5, 5.41) is 16.2. The lowest BCUT2D eigenvalue weighted by Crippen LogP contribution is -2.25. The fourth-order valence-electron chi connectivity index (χ4n) is 1.55. The van der Waals surface area contributed by atoms with E-state index in [-0.39, 0.29) is 12.4 Å². The molecule has 1 aromatic carbocycles. The van der Waals surface area contributed by atoms with Gasteiger partial charge in [0.1, 0.15) is 11.4 Å². The van der Waals surface area contributed by atoms with Gasteiger partial charge >= 0.3 is 5.69 Å². The Bertz CT molecular complexity index is 716. The van der Waals surface area contributed by atoms with Crippen LogP contribution in [0, 0.1) is 28.7 Å². The van der Waals surface area contributed by atoms with Gasteiger partial charge in [-0.1, -0.05) is 5.16 Å². The minimum Gasteiger partial charge on any atom is -0.343 e. The summed E-state index contributed by atoms with van der Waals surface area (Å²) in [6.07, 6.45) is 0. The smallest absolute Gasteiger partial charge is 0.305 e. The minimum atomic E-state index is -1.54. The highest BCUT2D eigenvalue weighted by Crippen LogP contribution is 2.22. The second-order valence-electron chi connectivity index (χ2n) is 3.93. The van der Waals surface area contributed by atoms with Crippen molar-refractivity contribution in [2.45, 2.75) is 13.5 Å². The van der Waals surface area contributed by atoms with E-state index in [1.54, 1.807) is 6.92 Å². The predicted molar refractivity (Wildman–Crippen MR) is 63.2 cm³/mol. The van der Waals surface area contributed by atoms with Crippen LogP contribution in [0.5, 0.6) is 0 Å². The summed E-state index contributed by atoms with van der Waals surface area (Å²) in [7, 11) is 0. The van der Waals surface area contributed by atoms with E-state index < -0.39 is 33.7 Å². The lowest BCUT2D eigenvalue weighted by atomic mass is 10.1. The van der Waals surface area contributed by atoms with Crippen molar-refractivity contribution >= 4 is 11.6 Å². The molecule has 1 N–H and O–H groups in total. The maximum atomic E-state index is 13.8. The molecule has 0 aliphatic rings. The molecular weight excluding hydrogens is 290 g/mol. The Labute approximate surface area is 115 Å². The molecule has 0 unspecified atom stereocenters. The van der Waals surface area contributed by atoms with E-state index >= 15 is 0 Å². The van der Waals surface area contributed by atoms with Gasteiger partial charge in [0.2, 0.25) is 11.7 Å². The van der Waals surface area contributed by atoms with Crippen LogP contribution >= 0.6 is 0 Å². The van der Waals surface area contributed by atoms with E-state index in [9.17, 15) is 23.7 Å². The van der Waals surface area contributed by atoms with E-state index in [0.29, 0.717) is 18.0 Å². The molecule has 21 heavy (non-hydrogen) atoms. The van der Waals surface area contributed by atoms with Crippen molar-refractivity contribution in [1.82, 2.24) is 15.5 Å².